The molecule has 2 saturated carbocycles. The van der Waals surface area contributed by atoms with Crippen LogP contribution in [0, 0.1) is 17.8 Å². The van der Waals surface area contributed by atoms with Gasteiger partial charge in [0.2, 0.25) is 0 Å². The van der Waals surface area contributed by atoms with Crippen molar-refractivity contribution in [1.29, 1.82) is 0 Å². The Morgan fingerprint density at radius 1 is 1.33 bits per heavy atom. The van der Waals surface area contributed by atoms with Crippen LogP contribution in [-0.2, 0) is 0 Å². The maximum Gasteiger partial charge on any atom is 0.137 e. The molecule has 3 nitrogen and oxygen atoms in total. The molecular weight excluding hydrogens is 224 g/mol. The van der Waals surface area contributed by atoms with E-state index in [1.807, 2.05) is 6.20 Å². The molecule has 4 atom stereocenters. The number of hydrogen-bond acceptors (Lipinski definition) is 3. The average Bonchev–Trinajstić information content (AvgIpc) is 3.02. The summed E-state index contributed by atoms with van der Waals surface area (Å²) < 4.78 is 5.28. The van der Waals surface area contributed by atoms with Gasteiger partial charge in [0.15, 0.2) is 0 Å². The highest BCUT2D eigenvalue weighted by atomic mass is 16.5. The predicted molar refractivity (Wildman–Crippen MR) is 71.5 cm³/mol. The maximum atomic E-state index is 5.28. The number of pyridine rings is 1. The molecule has 1 heterocycles. The lowest BCUT2D eigenvalue weighted by molar-refractivity contribution is 0.259. The minimum absolute atomic E-state index is 0.433. The van der Waals surface area contributed by atoms with Crippen molar-refractivity contribution in [1.82, 2.24) is 10.3 Å². The second-order valence-corrected chi connectivity index (χ2v) is 5.76. The Bertz CT molecular complexity index is 421. The van der Waals surface area contributed by atoms with Crippen molar-refractivity contribution < 1.29 is 4.74 Å². The van der Waals surface area contributed by atoms with E-state index in [0.29, 0.717) is 6.04 Å². The molecule has 1 aromatic rings. The van der Waals surface area contributed by atoms with Gasteiger partial charge in [-0.3, -0.25) is 4.98 Å². The van der Waals surface area contributed by atoms with Gasteiger partial charge in [0.05, 0.1) is 13.3 Å². The third-order valence-electron chi connectivity index (χ3n) is 4.86. The van der Waals surface area contributed by atoms with Gasteiger partial charge in [0.25, 0.3) is 0 Å². The number of fused-ring (bicyclic) bond motifs is 2. The topological polar surface area (TPSA) is 34.2 Å². The molecule has 2 fully saturated rings. The molecule has 4 unspecified atom stereocenters. The monoisotopic (exact) mass is 246 g/mol. The van der Waals surface area contributed by atoms with Gasteiger partial charge in [-0.15, -0.1) is 0 Å². The van der Waals surface area contributed by atoms with Crippen LogP contribution in [0.15, 0.2) is 18.5 Å². The van der Waals surface area contributed by atoms with Crippen LogP contribution in [-0.4, -0.2) is 19.1 Å². The first kappa shape index (κ1) is 12.0. The average molecular weight is 246 g/mol. The SMILES string of the molecule is CNC(c1cncc(OC)c1)C1CC2CCC1C2. The minimum atomic E-state index is 0.433. The fraction of sp³-hybridized carbons (Fsp3) is 0.667. The normalized spacial score (nSPS) is 31.6. The van der Waals surface area contributed by atoms with Crippen molar-refractivity contribution in [2.75, 3.05) is 14.2 Å². The first-order valence-electron chi connectivity index (χ1n) is 6.98. The highest BCUT2D eigenvalue weighted by Gasteiger charge is 2.43. The van der Waals surface area contributed by atoms with E-state index >= 15 is 0 Å². The van der Waals surface area contributed by atoms with Crippen molar-refractivity contribution in [3.63, 3.8) is 0 Å². The molecule has 0 spiro atoms. The maximum absolute atomic E-state index is 5.28. The Balaban J connectivity index is 1.83. The Morgan fingerprint density at radius 3 is 2.83 bits per heavy atom. The molecule has 0 amide bonds. The van der Waals surface area contributed by atoms with Crippen LogP contribution in [0.25, 0.3) is 0 Å². The summed E-state index contributed by atoms with van der Waals surface area (Å²) >= 11 is 0. The molecule has 0 radical (unpaired) electrons. The first-order chi connectivity index (χ1) is 8.81. The highest BCUT2D eigenvalue weighted by Crippen LogP contribution is 2.52. The number of nitrogens with one attached hydrogen (secondary N) is 1. The molecule has 1 aromatic heterocycles. The first-order valence-corrected chi connectivity index (χ1v) is 6.98. The van der Waals surface area contributed by atoms with Crippen LogP contribution in [0.1, 0.15) is 37.3 Å². The Hall–Kier alpha value is -1.09. The second-order valence-electron chi connectivity index (χ2n) is 5.76. The zero-order valence-electron chi connectivity index (χ0n) is 11.2. The highest BCUT2D eigenvalue weighted by molar-refractivity contribution is 5.27. The lowest BCUT2D eigenvalue weighted by atomic mass is 9.81. The summed E-state index contributed by atoms with van der Waals surface area (Å²) in [6.07, 6.45) is 9.46. The van der Waals surface area contributed by atoms with E-state index in [2.05, 4.69) is 23.4 Å². The molecule has 1 N–H and O–H groups in total. The van der Waals surface area contributed by atoms with Gasteiger partial charge in [0.1, 0.15) is 5.75 Å². The van der Waals surface area contributed by atoms with Crippen LogP contribution in [0.3, 0.4) is 0 Å². The van der Waals surface area contributed by atoms with E-state index in [0.717, 1.165) is 23.5 Å². The molecule has 0 aliphatic heterocycles. The molecule has 3 rings (SSSR count). The summed E-state index contributed by atoms with van der Waals surface area (Å²) in [6.45, 7) is 0. The minimum Gasteiger partial charge on any atom is -0.495 e. The molecule has 98 valence electrons. The van der Waals surface area contributed by atoms with Gasteiger partial charge in [-0.1, -0.05) is 6.42 Å². The molecular formula is C15H22N2O. The van der Waals surface area contributed by atoms with Gasteiger partial charge >= 0.3 is 0 Å². The fourth-order valence-electron chi connectivity index (χ4n) is 4.05. The standard InChI is InChI=1S/C15H22N2O/c1-16-15(12-7-13(18-2)9-17-8-12)14-6-10-3-4-11(14)5-10/h7-11,14-16H,3-6H2,1-2H3. The number of aromatic nitrogens is 1. The summed E-state index contributed by atoms with van der Waals surface area (Å²) in [5.74, 6) is 3.53. The largest absolute Gasteiger partial charge is 0.495 e. The molecule has 0 aromatic carbocycles. The molecule has 3 heteroatoms. The van der Waals surface area contributed by atoms with E-state index < -0.39 is 0 Å². The zero-order valence-corrected chi connectivity index (χ0v) is 11.2. The number of ether oxygens (including phenoxy) is 1. The quantitative estimate of drug-likeness (QED) is 0.887. The molecule has 2 aliphatic carbocycles. The lowest BCUT2D eigenvalue weighted by Crippen LogP contribution is -2.29. The van der Waals surface area contributed by atoms with Crippen molar-refractivity contribution in [2.24, 2.45) is 17.8 Å². The number of rotatable bonds is 4. The number of nitrogens with zero attached hydrogens (tertiary/aromatic N) is 1. The molecule has 2 aliphatic rings. The molecule has 0 saturated heterocycles. The summed E-state index contributed by atoms with van der Waals surface area (Å²) in [5.41, 5.74) is 1.27. The Kier molecular flexibility index (Phi) is 3.25. The number of hydrogen-bond donors (Lipinski definition) is 1. The van der Waals surface area contributed by atoms with Crippen LogP contribution >= 0.6 is 0 Å². The Labute approximate surface area is 109 Å². The summed E-state index contributed by atoms with van der Waals surface area (Å²) in [7, 11) is 3.77. The van der Waals surface area contributed by atoms with Crippen LogP contribution in [0.4, 0.5) is 0 Å². The predicted octanol–water partition coefficient (Wildman–Crippen LogP) is 2.79. The van der Waals surface area contributed by atoms with Crippen molar-refractivity contribution in [3.05, 3.63) is 24.0 Å². The molecule has 2 bridgehead atoms. The Morgan fingerprint density at radius 2 is 2.22 bits per heavy atom. The molecule has 18 heavy (non-hydrogen) atoms. The van der Waals surface area contributed by atoms with Crippen LogP contribution in [0.5, 0.6) is 5.75 Å². The van der Waals surface area contributed by atoms with Gasteiger partial charge < -0.3 is 10.1 Å². The van der Waals surface area contributed by atoms with Crippen LogP contribution < -0.4 is 10.1 Å². The second kappa shape index (κ2) is 4.88. The fourth-order valence-corrected chi connectivity index (χ4v) is 4.05. The zero-order chi connectivity index (χ0) is 12.5. The van der Waals surface area contributed by atoms with E-state index in [9.17, 15) is 0 Å². The van der Waals surface area contributed by atoms with Crippen LogP contribution in [0.2, 0.25) is 0 Å². The van der Waals surface area contributed by atoms with E-state index in [1.54, 1.807) is 13.3 Å². The lowest BCUT2D eigenvalue weighted by Gasteiger charge is -2.30. The summed E-state index contributed by atoms with van der Waals surface area (Å²) in [6, 6.07) is 2.56. The van der Waals surface area contributed by atoms with Crippen molar-refractivity contribution >= 4 is 0 Å². The van der Waals surface area contributed by atoms with E-state index in [1.165, 1.54) is 31.2 Å². The van der Waals surface area contributed by atoms with Gasteiger partial charge in [-0.2, -0.15) is 0 Å². The van der Waals surface area contributed by atoms with Crippen molar-refractivity contribution in [2.45, 2.75) is 31.7 Å². The third-order valence-corrected chi connectivity index (χ3v) is 4.86. The van der Waals surface area contributed by atoms with E-state index in [-0.39, 0.29) is 0 Å². The third kappa shape index (κ3) is 2.01. The van der Waals surface area contributed by atoms with Gasteiger partial charge in [0, 0.05) is 12.2 Å². The van der Waals surface area contributed by atoms with Gasteiger partial charge in [-0.05, 0) is 55.7 Å². The van der Waals surface area contributed by atoms with Gasteiger partial charge in [-0.25, -0.2) is 0 Å². The van der Waals surface area contributed by atoms with Crippen molar-refractivity contribution in [3.8, 4) is 5.75 Å². The summed E-state index contributed by atoms with van der Waals surface area (Å²) in [5, 5.41) is 3.50. The number of methoxy groups -OCH3 is 1. The smallest absolute Gasteiger partial charge is 0.137 e. The summed E-state index contributed by atoms with van der Waals surface area (Å²) in [4.78, 5) is 4.29. The van der Waals surface area contributed by atoms with E-state index in [4.69, 9.17) is 4.74 Å².